The number of nitrogens with one attached hydrogen (secondary N) is 1. The number of hydrogen-bond acceptors (Lipinski definition) is 3. The highest BCUT2D eigenvalue weighted by Crippen LogP contribution is 2.31. The first-order valence-corrected chi connectivity index (χ1v) is 7.42. The van der Waals surface area contributed by atoms with Crippen molar-refractivity contribution < 1.29 is 4.74 Å². The summed E-state index contributed by atoms with van der Waals surface area (Å²) in [5.74, 6) is 0. The Morgan fingerprint density at radius 3 is 2.95 bits per heavy atom. The Morgan fingerprint density at radius 2 is 2.32 bits per heavy atom. The van der Waals surface area contributed by atoms with Crippen molar-refractivity contribution in [1.82, 2.24) is 5.32 Å². The van der Waals surface area contributed by atoms with Gasteiger partial charge in [0.25, 0.3) is 0 Å². The van der Waals surface area contributed by atoms with Crippen molar-refractivity contribution in [3.63, 3.8) is 0 Å². The van der Waals surface area contributed by atoms with Gasteiger partial charge in [0.2, 0.25) is 0 Å². The number of halogens is 1. The van der Waals surface area contributed by atoms with Crippen molar-refractivity contribution in [2.24, 2.45) is 0 Å². The Kier molecular flexibility index (Phi) is 5.49. The summed E-state index contributed by atoms with van der Waals surface area (Å²) in [7, 11) is 1.96. The fraction of sp³-hybridized carbons (Fsp3) is 0.600. The molecule has 1 saturated heterocycles. The molecule has 1 aliphatic heterocycles. The van der Waals surface area contributed by atoms with Crippen LogP contribution in [0.25, 0.3) is 0 Å². The Morgan fingerprint density at radius 1 is 1.47 bits per heavy atom. The molecule has 0 aromatic heterocycles. The minimum atomic E-state index is 0.346. The average Bonchev–Trinajstić information content (AvgIpc) is 2.90. The number of hydrogen-bond donors (Lipinski definition) is 1. The molecule has 0 radical (unpaired) electrons. The normalized spacial score (nSPS) is 18.8. The summed E-state index contributed by atoms with van der Waals surface area (Å²) in [6.45, 7) is 5.77. The molecule has 106 valence electrons. The summed E-state index contributed by atoms with van der Waals surface area (Å²) in [6.07, 6.45) is 2.68. The maximum absolute atomic E-state index is 6.41. The molecule has 1 aliphatic rings. The van der Waals surface area contributed by atoms with Gasteiger partial charge in [-0.15, -0.1) is 0 Å². The Balaban J connectivity index is 2.20. The van der Waals surface area contributed by atoms with E-state index < -0.39 is 0 Å². The monoisotopic (exact) mass is 282 g/mol. The first-order valence-electron chi connectivity index (χ1n) is 7.04. The van der Waals surface area contributed by atoms with Gasteiger partial charge in [-0.1, -0.05) is 23.7 Å². The Labute approximate surface area is 120 Å². The van der Waals surface area contributed by atoms with E-state index in [0.29, 0.717) is 6.10 Å². The number of ether oxygens (including phenoxy) is 1. The summed E-state index contributed by atoms with van der Waals surface area (Å²) in [6, 6.07) is 6.11. The third kappa shape index (κ3) is 3.62. The predicted octanol–water partition coefficient (Wildman–Crippen LogP) is 3.06. The molecule has 0 saturated carbocycles. The standard InChI is InChI=1S/C15H23ClN2O/c1-3-18(11-13-7-5-9-19-13)15-12(10-17-2)6-4-8-14(15)16/h4,6,8,13,17H,3,5,7,9-11H2,1-2H3. The lowest BCUT2D eigenvalue weighted by Crippen LogP contribution is -2.33. The summed E-state index contributed by atoms with van der Waals surface area (Å²) in [5.41, 5.74) is 2.39. The molecule has 1 atom stereocenters. The van der Waals surface area contributed by atoms with Gasteiger partial charge < -0.3 is 15.0 Å². The molecular weight excluding hydrogens is 260 g/mol. The molecule has 0 spiro atoms. The number of nitrogens with zero attached hydrogens (tertiary/aromatic N) is 1. The maximum atomic E-state index is 6.41. The quantitative estimate of drug-likeness (QED) is 0.868. The third-order valence-electron chi connectivity index (χ3n) is 3.58. The molecule has 0 aliphatic carbocycles. The molecule has 1 heterocycles. The third-order valence-corrected chi connectivity index (χ3v) is 3.89. The SMILES string of the molecule is CCN(CC1CCCO1)c1c(Cl)cccc1CNC. The number of benzene rings is 1. The van der Waals surface area contributed by atoms with Crippen LogP contribution in [0.1, 0.15) is 25.3 Å². The number of para-hydroxylation sites is 1. The molecule has 3 nitrogen and oxygen atoms in total. The van der Waals surface area contributed by atoms with Gasteiger partial charge in [0.1, 0.15) is 0 Å². The molecule has 2 rings (SSSR count). The summed E-state index contributed by atoms with van der Waals surface area (Å²) < 4.78 is 5.75. The molecule has 4 heteroatoms. The van der Waals surface area contributed by atoms with E-state index in [4.69, 9.17) is 16.3 Å². The van der Waals surface area contributed by atoms with Crippen LogP contribution in [-0.4, -0.2) is 32.8 Å². The maximum Gasteiger partial charge on any atom is 0.0750 e. The van der Waals surface area contributed by atoms with Crippen molar-refractivity contribution in [3.8, 4) is 0 Å². The van der Waals surface area contributed by atoms with Crippen LogP contribution in [0.3, 0.4) is 0 Å². The molecule has 19 heavy (non-hydrogen) atoms. The van der Waals surface area contributed by atoms with E-state index in [9.17, 15) is 0 Å². The van der Waals surface area contributed by atoms with Crippen molar-refractivity contribution >= 4 is 17.3 Å². The fourth-order valence-electron chi connectivity index (χ4n) is 2.66. The van der Waals surface area contributed by atoms with Gasteiger partial charge in [-0.25, -0.2) is 0 Å². The minimum absolute atomic E-state index is 0.346. The highest BCUT2D eigenvalue weighted by molar-refractivity contribution is 6.33. The molecule has 1 unspecified atom stereocenters. The van der Waals surface area contributed by atoms with Crippen molar-refractivity contribution in [2.45, 2.75) is 32.4 Å². The van der Waals surface area contributed by atoms with Crippen LogP contribution in [0, 0.1) is 0 Å². The van der Waals surface area contributed by atoms with E-state index in [1.165, 1.54) is 12.0 Å². The highest BCUT2D eigenvalue weighted by atomic mass is 35.5. The van der Waals surface area contributed by atoms with Gasteiger partial charge in [-0.3, -0.25) is 0 Å². The smallest absolute Gasteiger partial charge is 0.0750 e. The topological polar surface area (TPSA) is 24.5 Å². The molecule has 1 fully saturated rings. The van der Waals surface area contributed by atoms with Crippen molar-refractivity contribution in [2.75, 3.05) is 31.6 Å². The summed E-state index contributed by atoms with van der Waals surface area (Å²) in [4.78, 5) is 2.34. The van der Waals surface area contributed by atoms with E-state index in [1.54, 1.807) is 0 Å². The molecular formula is C15H23ClN2O. The second kappa shape index (κ2) is 7.13. The van der Waals surface area contributed by atoms with Crippen LogP contribution in [-0.2, 0) is 11.3 Å². The van der Waals surface area contributed by atoms with Gasteiger partial charge in [0.05, 0.1) is 16.8 Å². The van der Waals surface area contributed by atoms with E-state index in [1.807, 2.05) is 19.2 Å². The van der Waals surface area contributed by atoms with Crippen LogP contribution >= 0.6 is 11.6 Å². The zero-order valence-corrected chi connectivity index (χ0v) is 12.5. The van der Waals surface area contributed by atoms with Crippen LogP contribution in [0.2, 0.25) is 5.02 Å². The van der Waals surface area contributed by atoms with Gasteiger partial charge in [0, 0.05) is 26.2 Å². The first-order chi connectivity index (χ1) is 9.26. The van der Waals surface area contributed by atoms with E-state index in [0.717, 1.165) is 43.4 Å². The zero-order valence-electron chi connectivity index (χ0n) is 11.8. The number of rotatable bonds is 6. The largest absolute Gasteiger partial charge is 0.376 e. The first kappa shape index (κ1) is 14.6. The Hall–Kier alpha value is -0.770. The van der Waals surface area contributed by atoms with Crippen LogP contribution < -0.4 is 10.2 Å². The van der Waals surface area contributed by atoms with Crippen LogP contribution in [0.4, 0.5) is 5.69 Å². The second-order valence-electron chi connectivity index (χ2n) is 4.95. The molecule has 0 bridgehead atoms. The fourth-order valence-corrected chi connectivity index (χ4v) is 2.97. The van der Waals surface area contributed by atoms with Crippen molar-refractivity contribution in [3.05, 3.63) is 28.8 Å². The molecule has 1 aromatic rings. The highest BCUT2D eigenvalue weighted by Gasteiger charge is 2.21. The van der Waals surface area contributed by atoms with Gasteiger partial charge in [-0.2, -0.15) is 0 Å². The summed E-state index contributed by atoms with van der Waals surface area (Å²) >= 11 is 6.41. The minimum Gasteiger partial charge on any atom is -0.376 e. The van der Waals surface area contributed by atoms with Crippen molar-refractivity contribution in [1.29, 1.82) is 0 Å². The lowest BCUT2D eigenvalue weighted by molar-refractivity contribution is 0.115. The summed E-state index contributed by atoms with van der Waals surface area (Å²) in [5, 5.41) is 4.03. The molecule has 1 N–H and O–H groups in total. The average molecular weight is 283 g/mol. The molecule has 0 amide bonds. The van der Waals surface area contributed by atoms with E-state index in [-0.39, 0.29) is 0 Å². The molecule has 1 aromatic carbocycles. The van der Waals surface area contributed by atoms with E-state index in [2.05, 4.69) is 23.2 Å². The van der Waals surface area contributed by atoms with Gasteiger partial charge in [-0.05, 0) is 38.4 Å². The number of likely N-dealkylation sites (N-methyl/N-ethyl adjacent to an activating group) is 1. The lowest BCUT2D eigenvalue weighted by Gasteiger charge is -2.29. The van der Waals surface area contributed by atoms with Crippen LogP contribution in [0.15, 0.2) is 18.2 Å². The number of anilines is 1. The lowest BCUT2D eigenvalue weighted by atomic mass is 10.1. The van der Waals surface area contributed by atoms with E-state index >= 15 is 0 Å². The second-order valence-corrected chi connectivity index (χ2v) is 5.36. The van der Waals surface area contributed by atoms with Gasteiger partial charge in [0.15, 0.2) is 0 Å². The van der Waals surface area contributed by atoms with Crippen LogP contribution in [0.5, 0.6) is 0 Å². The zero-order chi connectivity index (χ0) is 13.7. The Bertz CT molecular complexity index is 405. The van der Waals surface area contributed by atoms with Gasteiger partial charge >= 0.3 is 0 Å². The predicted molar refractivity (Wildman–Crippen MR) is 81.1 cm³/mol.